The van der Waals surface area contributed by atoms with E-state index in [9.17, 15) is 4.79 Å². The smallest absolute Gasteiger partial charge is 0.217 e. The van der Waals surface area contributed by atoms with E-state index in [-0.39, 0.29) is 11.9 Å². The molecule has 1 aliphatic heterocycles. The zero-order chi connectivity index (χ0) is 13.0. The van der Waals surface area contributed by atoms with Gasteiger partial charge in [0.15, 0.2) is 0 Å². The summed E-state index contributed by atoms with van der Waals surface area (Å²) >= 11 is 0. The Kier molecular flexibility index (Phi) is 4.09. The Balaban J connectivity index is 2.00. The number of carbonyl (C=O) groups excluding carboxylic acids is 1. The van der Waals surface area contributed by atoms with Crippen LogP contribution in [0.15, 0.2) is 12.4 Å². The highest BCUT2D eigenvalue weighted by Gasteiger charge is 2.24. The van der Waals surface area contributed by atoms with Crippen LogP contribution in [0.1, 0.15) is 19.0 Å². The van der Waals surface area contributed by atoms with Crippen LogP contribution in [0.4, 0.5) is 5.82 Å². The maximum Gasteiger partial charge on any atom is 0.217 e. The van der Waals surface area contributed by atoms with Crippen LogP contribution in [0.2, 0.25) is 0 Å². The molecule has 0 saturated carbocycles. The van der Waals surface area contributed by atoms with Crippen molar-refractivity contribution < 1.29 is 9.53 Å². The molecule has 1 aromatic rings. The van der Waals surface area contributed by atoms with E-state index < -0.39 is 0 Å². The van der Waals surface area contributed by atoms with E-state index in [0.717, 1.165) is 31.0 Å². The summed E-state index contributed by atoms with van der Waals surface area (Å²) in [5.41, 5.74) is 0.866. The van der Waals surface area contributed by atoms with Crippen molar-refractivity contribution in [2.45, 2.75) is 26.0 Å². The van der Waals surface area contributed by atoms with Crippen LogP contribution in [0.3, 0.4) is 0 Å². The Morgan fingerprint density at radius 1 is 1.61 bits per heavy atom. The molecule has 1 aromatic heterocycles. The number of carbonyl (C=O) groups is 1. The lowest BCUT2D eigenvalue weighted by Crippen LogP contribution is -2.35. The third-order valence-electron chi connectivity index (χ3n) is 2.92. The zero-order valence-corrected chi connectivity index (χ0v) is 10.7. The first-order valence-corrected chi connectivity index (χ1v) is 6.01. The quantitative estimate of drug-likeness (QED) is 0.834. The van der Waals surface area contributed by atoms with Gasteiger partial charge in [0.2, 0.25) is 5.91 Å². The molecule has 0 bridgehead atoms. The molecule has 1 saturated heterocycles. The van der Waals surface area contributed by atoms with Crippen molar-refractivity contribution in [2.75, 3.05) is 25.1 Å². The fraction of sp³-hybridized carbons (Fsp3) is 0.583. The maximum absolute atomic E-state index is 11.0. The van der Waals surface area contributed by atoms with Crippen LogP contribution >= 0.6 is 0 Å². The van der Waals surface area contributed by atoms with E-state index >= 15 is 0 Å². The molecule has 6 nitrogen and oxygen atoms in total. The summed E-state index contributed by atoms with van der Waals surface area (Å²) in [5.74, 6) is 0.912. The second-order valence-electron chi connectivity index (χ2n) is 4.43. The molecule has 1 aliphatic rings. The lowest BCUT2D eigenvalue weighted by molar-refractivity contribution is -0.119. The topological polar surface area (TPSA) is 67.3 Å². The van der Waals surface area contributed by atoms with Crippen molar-refractivity contribution in [1.29, 1.82) is 0 Å². The fourth-order valence-electron chi connectivity index (χ4n) is 2.16. The molecule has 1 amide bonds. The minimum absolute atomic E-state index is 0.0182. The Morgan fingerprint density at radius 3 is 3.17 bits per heavy atom. The van der Waals surface area contributed by atoms with Crippen molar-refractivity contribution >= 4 is 11.7 Å². The summed E-state index contributed by atoms with van der Waals surface area (Å²) in [6.45, 7) is 3.72. The molecule has 18 heavy (non-hydrogen) atoms. The molecule has 2 rings (SSSR count). The van der Waals surface area contributed by atoms with Gasteiger partial charge < -0.3 is 15.0 Å². The molecule has 2 heterocycles. The van der Waals surface area contributed by atoms with Crippen molar-refractivity contribution in [2.24, 2.45) is 0 Å². The second kappa shape index (κ2) is 5.77. The van der Waals surface area contributed by atoms with E-state index in [2.05, 4.69) is 20.2 Å². The molecule has 0 spiro atoms. The number of rotatable bonds is 4. The number of amides is 1. The Bertz CT molecular complexity index is 424. The van der Waals surface area contributed by atoms with Gasteiger partial charge in [-0.25, -0.2) is 9.97 Å². The average molecular weight is 250 g/mol. The monoisotopic (exact) mass is 250 g/mol. The first-order valence-electron chi connectivity index (χ1n) is 6.01. The molecule has 98 valence electrons. The third-order valence-corrected chi connectivity index (χ3v) is 2.92. The van der Waals surface area contributed by atoms with Gasteiger partial charge in [-0.15, -0.1) is 0 Å². The van der Waals surface area contributed by atoms with Crippen molar-refractivity contribution in [1.82, 2.24) is 15.3 Å². The van der Waals surface area contributed by atoms with Crippen LogP contribution < -0.4 is 10.2 Å². The number of nitrogens with zero attached hydrogens (tertiary/aromatic N) is 3. The highest BCUT2D eigenvalue weighted by molar-refractivity contribution is 5.73. The fourth-order valence-corrected chi connectivity index (χ4v) is 2.16. The number of aromatic nitrogens is 2. The molecule has 1 fully saturated rings. The summed E-state index contributed by atoms with van der Waals surface area (Å²) in [6.07, 6.45) is 2.50. The molecular weight excluding hydrogens is 232 g/mol. The van der Waals surface area contributed by atoms with Gasteiger partial charge in [0.1, 0.15) is 12.1 Å². The highest BCUT2D eigenvalue weighted by Crippen LogP contribution is 2.18. The molecule has 0 radical (unpaired) electrons. The summed E-state index contributed by atoms with van der Waals surface area (Å²) in [5, 5.41) is 2.93. The average Bonchev–Trinajstić information content (AvgIpc) is 2.77. The van der Waals surface area contributed by atoms with E-state index in [1.54, 1.807) is 20.4 Å². The number of hydrogen-bond acceptors (Lipinski definition) is 5. The Morgan fingerprint density at radius 2 is 2.44 bits per heavy atom. The van der Waals surface area contributed by atoms with Crippen LogP contribution in [0, 0.1) is 0 Å². The Labute approximate surface area is 106 Å². The minimum atomic E-state index is 0.0182. The van der Waals surface area contributed by atoms with Crippen LogP contribution in [-0.4, -0.2) is 42.1 Å². The zero-order valence-electron chi connectivity index (χ0n) is 10.7. The lowest BCUT2D eigenvalue weighted by atomic mass is 10.2. The predicted octanol–water partition coefficient (Wildman–Crippen LogP) is 0.338. The predicted molar refractivity (Wildman–Crippen MR) is 67.2 cm³/mol. The van der Waals surface area contributed by atoms with Gasteiger partial charge >= 0.3 is 0 Å². The van der Waals surface area contributed by atoms with Crippen LogP contribution in [0.5, 0.6) is 0 Å². The maximum atomic E-state index is 11.0. The third kappa shape index (κ3) is 3.16. The number of anilines is 1. The first kappa shape index (κ1) is 12.8. The normalized spacial score (nSPS) is 19.0. The van der Waals surface area contributed by atoms with Crippen LogP contribution in [-0.2, 0) is 16.1 Å². The van der Waals surface area contributed by atoms with Crippen molar-refractivity contribution in [3.8, 4) is 0 Å². The number of ether oxygens (including phenoxy) is 1. The number of methoxy groups -OCH3 is 1. The molecule has 1 atom stereocenters. The molecule has 0 aromatic carbocycles. The lowest BCUT2D eigenvalue weighted by Gasteiger charge is -2.17. The summed E-state index contributed by atoms with van der Waals surface area (Å²) in [7, 11) is 1.64. The summed E-state index contributed by atoms with van der Waals surface area (Å²) in [4.78, 5) is 21.6. The minimum Gasteiger partial charge on any atom is -0.378 e. The SMILES string of the molecule is COCc1cc(N2CCC(NC(C)=O)C2)ncn1. The van der Waals surface area contributed by atoms with Crippen molar-refractivity contribution in [3.63, 3.8) is 0 Å². The number of hydrogen-bond donors (Lipinski definition) is 1. The van der Waals surface area contributed by atoms with Gasteiger partial charge in [0.05, 0.1) is 12.3 Å². The first-order chi connectivity index (χ1) is 8.69. The molecule has 6 heteroatoms. The summed E-state index contributed by atoms with van der Waals surface area (Å²) < 4.78 is 5.05. The largest absolute Gasteiger partial charge is 0.378 e. The highest BCUT2D eigenvalue weighted by atomic mass is 16.5. The van der Waals surface area contributed by atoms with E-state index in [1.807, 2.05) is 6.07 Å². The van der Waals surface area contributed by atoms with Gasteiger partial charge in [0, 0.05) is 39.2 Å². The van der Waals surface area contributed by atoms with Gasteiger partial charge in [-0.3, -0.25) is 4.79 Å². The van der Waals surface area contributed by atoms with Crippen molar-refractivity contribution in [3.05, 3.63) is 18.1 Å². The summed E-state index contributed by atoms with van der Waals surface area (Å²) in [6, 6.07) is 2.14. The van der Waals surface area contributed by atoms with E-state index in [0.29, 0.717) is 6.61 Å². The second-order valence-corrected chi connectivity index (χ2v) is 4.43. The van der Waals surface area contributed by atoms with E-state index in [1.165, 1.54) is 0 Å². The van der Waals surface area contributed by atoms with Gasteiger partial charge in [-0.1, -0.05) is 0 Å². The van der Waals surface area contributed by atoms with Gasteiger partial charge in [-0.05, 0) is 6.42 Å². The van der Waals surface area contributed by atoms with Crippen LogP contribution in [0.25, 0.3) is 0 Å². The molecule has 1 unspecified atom stereocenters. The molecule has 1 N–H and O–H groups in total. The van der Waals surface area contributed by atoms with Gasteiger partial charge in [0.25, 0.3) is 0 Å². The molecule has 0 aliphatic carbocycles. The number of nitrogens with one attached hydrogen (secondary N) is 1. The Hall–Kier alpha value is -1.69. The van der Waals surface area contributed by atoms with E-state index in [4.69, 9.17) is 4.74 Å². The standard InChI is InChI=1S/C12H18N4O2/c1-9(17)15-10-3-4-16(6-10)12-5-11(7-18-2)13-8-14-12/h5,8,10H,3-4,6-7H2,1-2H3,(H,15,17). The van der Waals surface area contributed by atoms with Gasteiger partial charge in [-0.2, -0.15) is 0 Å². The molecular formula is C12H18N4O2.